The zero-order valence-corrected chi connectivity index (χ0v) is 13.8. The zero-order valence-electron chi connectivity index (χ0n) is 13.0. The van der Waals surface area contributed by atoms with Crippen molar-refractivity contribution in [1.29, 1.82) is 0 Å². The monoisotopic (exact) mass is 307 g/mol. The predicted octanol–water partition coefficient (Wildman–Crippen LogP) is 2.17. The highest BCUT2D eigenvalue weighted by Crippen LogP contribution is 2.26. The van der Waals surface area contributed by atoms with Crippen LogP contribution in [0.3, 0.4) is 0 Å². The molecule has 0 atom stereocenters. The smallest absolute Gasteiger partial charge is 0.231 e. The molecule has 7 nitrogen and oxygen atoms in total. The van der Waals surface area contributed by atoms with Crippen LogP contribution in [0.15, 0.2) is 11.6 Å². The molecule has 114 valence electrons. The predicted molar refractivity (Wildman–Crippen MR) is 87.1 cm³/mol. The van der Waals surface area contributed by atoms with E-state index in [4.69, 9.17) is 0 Å². The highest BCUT2D eigenvalue weighted by molar-refractivity contribution is 7.09. The molecular formula is C13H21N7S. The first-order chi connectivity index (χ1) is 9.92. The molecule has 2 heterocycles. The fourth-order valence-corrected chi connectivity index (χ4v) is 2.44. The molecule has 2 aromatic rings. The molecule has 2 aromatic heterocycles. The topological polar surface area (TPSA) is 78.9 Å². The number of nitrogens with one attached hydrogen (secondary N) is 2. The summed E-state index contributed by atoms with van der Waals surface area (Å²) in [5.41, 5.74) is -0.345. The van der Waals surface area contributed by atoms with Gasteiger partial charge >= 0.3 is 0 Å². The molecule has 0 aliphatic rings. The lowest BCUT2D eigenvalue weighted by molar-refractivity contribution is 0.596. The third-order valence-electron chi connectivity index (χ3n) is 2.75. The second-order valence-electron chi connectivity index (χ2n) is 5.29. The van der Waals surface area contributed by atoms with Gasteiger partial charge in [-0.3, -0.25) is 0 Å². The minimum absolute atomic E-state index is 0.345. The molecule has 0 aliphatic heterocycles. The van der Waals surface area contributed by atoms with Crippen LogP contribution in [0.5, 0.6) is 0 Å². The molecule has 8 heteroatoms. The Kier molecular flexibility index (Phi) is 4.56. The van der Waals surface area contributed by atoms with Crippen LogP contribution in [-0.4, -0.2) is 40.6 Å². The van der Waals surface area contributed by atoms with Crippen LogP contribution in [0.2, 0.25) is 0 Å². The largest absolute Gasteiger partial charge is 0.354 e. The first-order valence-electron chi connectivity index (χ1n) is 6.78. The van der Waals surface area contributed by atoms with Gasteiger partial charge in [-0.1, -0.05) is 0 Å². The van der Waals surface area contributed by atoms with Gasteiger partial charge in [-0.2, -0.15) is 15.0 Å². The lowest BCUT2D eigenvalue weighted by atomic mass is 10.1. The van der Waals surface area contributed by atoms with E-state index in [-0.39, 0.29) is 5.54 Å². The van der Waals surface area contributed by atoms with E-state index < -0.39 is 0 Å². The first-order valence-corrected chi connectivity index (χ1v) is 7.65. The van der Waals surface area contributed by atoms with Crippen LogP contribution in [0.25, 0.3) is 0 Å². The Morgan fingerprint density at radius 3 is 2.48 bits per heavy atom. The van der Waals surface area contributed by atoms with Crippen molar-refractivity contribution in [3.8, 4) is 0 Å². The van der Waals surface area contributed by atoms with E-state index in [1.165, 1.54) is 0 Å². The Morgan fingerprint density at radius 1 is 1.19 bits per heavy atom. The quantitative estimate of drug-likeness (QED) is 0.846. The summed E-state index contributed by atoms with van der Waals surface area (Å²) in [5.74, 6) is 1.71. The second kappa shape index (κ2) is 6.21. The van der Waals surface area contributed by atoms with Gasteiger partial charge in [0, 0.05) is 32.2 Å². The van der Waals surface area contributed by atoms with Crippen LogP contribution in [-0.2, 0) is 5.54 Å². The molecule has 0 unspecified atom stereocenters. The van der Waals surface area contributed by atoms with Crippen molar-refractivity contribution in [3.63, 3.8) is 0 Å². The summed E-state index contributed by atoms with van der Waals surface area (Å²) in [4.78, 5) is 19.4. The average molecular weight is 307 g/mol. The molecule has 0 saturated carbocycles. The van der Waals surface area contributed by atoms with Crippen molar-refractivity contribution in [2.75, 3.05) is 36.2 Å². The highest BCUT2D eigenvalue weighted by Gasteiger charge is 2.25. The molecular weight excluding hydrogens is 286 g/mol. The van der Waals surface area contributed by atoms with Crippen LogP contribution in [0, 0.1) is 0 Å². The maximum absolute atomic E-state index is 4.44. The number of anilines is 3. The molecule has 0 aromatic carbocycles. The van der Waals surface area contributed by atoms with Crippen molar-refractivity contribution in [2.45, 2.75) is 26.3 Å². The summed E-state index contributed by atoms with van der Waals surface area (Å²) in [6, 6.07) is 0. The molecule has 2 N–H and O–H groups in total. The van der Waals surface area contributed by atoms with E-state index in [2.05, 4.69) is 44.4 Å². The van der Waals surface area contributed by atoms with Gasteiger partial charge in [-0.25, -0.2) is 4.98 Å². The first kappa shape index (κ1) is 15.4. The lowest BCUT2D eigenvalue weighted by Gasteiger charge is -2.24. The molecule has 0 spiro atoms. The normalized spacial score (nSPS) is 11.3. The van der Waals surface area contributed by atoms with Gasteiger partial charge in [-0.15, -0.1) is 11.3 Å². The standard InChI is InChI=1S/C13H21N7S/c1-6-14-10-16-11(18-12(17-10)20(4)5)19-13(2,3)9-15-7-8-21-9/h7-8H,6H2,1-5H3,(H2,14,16,17,18,19). The van der Waals surface area contributed by atoms with E-state index in [0.29, 0.717) is 17.8 Å². The van der Waals surface area contributed by atoms with Gasteiger partial charge < -0.3 is 15.5 Å². The third-order valence-corrected chi connectivity index (χ3v) is 3.85. The number of rotatable bonds is 6. The van der Waals surface area contributed by atoms with Crippen molar-refractivity contribution < 1.29 is 0 Å². The summed E-state index contributed by atoms with van der Waals surface area (Å²) in [7, 11) is 3.81. The maximum Gasteiger partial charge on any atom is 0.231 e. The van der Waals surface area contributed by atoms with E-state index in [9.17, 15) is 0 Å². The van der Waals surface area contributed by atoms with Crippen molar-refractivity contribution in [1.82, 2.24) is 19.9 Å². The summed E-state index contributed by atoms with van der Waals surface area (Å²) in [6.07, 6.45) is 1.80. The van der Waals surface area contributed by atoms with E-state index >= 15 is 0 Å². The van der Waals surface area contributed by atoms with Crippen LogP contribution >= 0.6 is 11.3 Å². The van der Waals surface area contributed by atoms with Crippen LogP contribution in [0.4, 0.5) is 17.8 Å². The number of aromatic nitrogens is 4. The Hall–Kier alpha value is -1.96. The van der Waals surface area contributed by atoms with Crippen molar-refractivity contribution >= 4 is 29.2 Å². The minimum atomic E-state index is -0.345. The van der Waals surface area contributed by atoms with Crippen LogP contribution < -0.4 is 15.5 Å². The second-order valence-corrected chi connectivity index (χ2v) is 6.19. The molecule has 2 rings (SSSR count). The SMILES string of the molecule is CCNc1nc(NC(C)(C)c2nccs2)nc(N(C)C)n1. The number of nitrogens with zero attached hydrogens (tertiary/aromatic N) is 5. The number of thiazole rings is 1. The summed E-state index contributed by atoms with van der Waals surface area (Å²) in [5, 5.41) is 9.40. The number of hydrogen-bond acceptors (Lipinski definition) is 8. The Labute approximate surface area is 128 Å². The molecule has 0 saturated heterocycles. The van der Waals surface area contributed by atoms with Crippen molar-refractivity contribution in [3.05, 3.63) is 16.6 Å². The van der Waals surface area contributed by atoms with Gasteiger partial charge in [0.15, 0.2) is 0 Å². The molecule has 0 fully saturated rings. The van der Waals surface area contributed by atoms with E-state index in [0.717, 1.165) is 11.6 Å². The summed E-state index contributed by atoms with van der Waals surface area (Å²) < 4.78 is 0. The molecule has 0 bridgehead atoms. The lowest BCUT2D eigenvalue weighted by Crippen LogP contribution is -2.29. The maximum atomic E-state index is 4.44. The van der Waals surface area contributed by atoms with Gasteiger partial charge in [-0.05, 0) is 20.8 Å². The average Bonchev–Trinajstić information content (AvgIpc) is 2.92. The highest BCUT2D eigenvalue weighted by atomic mass is 32.1. The third kappa shape index (κ3) is 3.78. The van der Waals surface area contributed by atoms with Gasteiger partial charge in [0.2, 0.25) is 17.8 Å². The molecule has 0 amide bonds. The fraction of sp³-hybridized carbons (Fsp3) is 0.538. The van der Waals surface area contributed by atoms with Gasteiger partial charge in [0.1, 0.15) is 5.01 Å². The molecule has 21 heavy (non-hydrogen) atoms. The van der Waals surface area contributed by atoms with Crippen LogP contribution in [0.1, 0.15) is 25.8 Å². The van der Waals surface area contributed by atoms with E-state index in [1.807, 2.05) is 31.3 Å². The summed E-state index contributed by atoms with van der Waals surface area (Å²) >= 11 is 1.60. The fourth-order valence-electron chi connectivity index (χ4n) is 1.72. The summed E-state index contributed by atoms with van der Waals surface area (Å²) in [6.45, 7) is 6.87. The van der Waals surface area contributed by atoms with Gasteiger partial charge in [0.05, 0.1) is 5.54 Å². The Morgan fingerprint density at radius 2 is 1.90 bits per heavy atom. The minimum Gasteiger partial charge on any atom is -0.354 e. The molecule has 0 radical (unpaired) electrons. The zero-order chi connectivity index (χ0) is 15.5. The molecule has 0 aliphatic carbocycles. The van der Waals surface area contributed by atoms with Crippen molar-refractivity contribution in [2.24, 2.45) is 0 Å². The Bertz CT molecular complexity index is 580. The number of hydrogen-bond donors (Lipinski definition) is 2. The van der Waals surface area contributed by atoms with E-state index in [1.54, 1.807) is 17.5 Å². The Balaban J connectivity index is 2.30. The van der Waals surface area contributed by atoms with Gasteiger partial charge in [0.25, 0.3) is 0 Å².